The molecule has 1 amide bonds. The lowest BCUT2D eigenvalue weighted by atomic mass is 10.0. The molecule has 2 aromatic carbocycles. The number of hydrogen-bond acceptors (Lipinski definition) is 4. The molecule has 6 heteroatoms. The summed E-state index contributed by atoms with van der Waals surface area (Å²) in [4.78, 5) is 14.9. The highest BCUT2D eigenvalue weighted by atomic mass is 35.5. The molecule has 0 radical (unpaired) electrons. The smallest absolute Gasteiger partial charge is 0.267 e. The summed E-state index contributed by atoms with van der Waals surface area (Å²) in [5.41, 5.74) is 4.14. The maximum Gasteiger partial charge on any atom is 0.267 e. The Morgan fingerprint density at radius 3 is 2.56 bits per heavy atom. The van der Waals surface area contributed by atoms with Crippen molar-refractivity contribution in [1.82, 2.24) is 4.90 Å². The number of benzene rings is 2. The van der Waals surface area contributed by atoms with Gasteiger partial charge in [-0.3, -0.25) is 9.69 Å². The van der Waals surface area contributed by atoms with Crippen molar-refractivity contribution in [2.75, 3.05) is 12.0 Å². The van der Waals surface area contributed by atoms with E-state index in [1.54, 1.807) is 4.90 Å². The number of nitrogens with zero attached hydrogens (tertiary/aromatic N) is 1. The van der Waals surface area contributed by atoms with E-state index in [-0.39, 0.29) is 5.91 Å². The lowest BCUT2D eigenvalue weighted by Crippen LogP contribution is -2.33. The van der Waals surface area contributed by atoms with E-state index in [4.69, 9.17) is 23.8 Å². The molecule has 1 aliphatic heterocycles. The molecule has 1 N–H and O–H groups in total. The van der Waals surface area contributed by atoms with Gasteiger partial charge in [0.1, 0.15) is 4.32 Å². The van der Waals surface area contributed by atoms with Gasteiger partial charge in [-0.25, -0.2) is 0 Å². The first-order valence-corrected chi connectivity index (χ1v) is 10.3. The molecule has 1 saturated heterocycles. The number of amides is 1. The molecule has 1 heterocycles. The fourth-order valence-electron chi connectivity index (χ4n) is 2.64. The molecule has 0 saturated carbocycles. The van der Waals surface area contributed by atoms with Gasteiger partial charge >= 0.3 is 0 Å². The third-order valence-corrected chi connectivity index (χ3v) is 6.17. The zero-order chi connectivity index (χ0) is 19.6. The molecule has 1 fully saturated rings. The summed E-state index contributed by atoms with van der Waals surface area (Å²) in [6.45, 7) is 6.59. The molecule has 0 aromatic heterocycles. The zero-order valence-electron chi connectivity index (χ0n) is 15.5. The van der Waals surface area contributed by atoms with E-state index in [0.717, 1.165) is 16.8 Å². The van der Waals surface area contributed by atoms with Crippen LogP contribution >= 0.6 is 35.6 Å². The van der Waals surface area contributed by atoms with E-state index >= 15 is 0 Å². The lowest BCUT2D eigenvalue weighted by Gasteiger charge is -2.16. The van der Waals surface area contributed by atoms with Gasteiger partial charge in [0.05, 0.1) is 11.6 Å². The van der Waals surface area contributed by atoms with Crippen molar-refractivity contribution >= 4 is 57.6 Å². The molecule has 1 aliphatic rings. The Hall–Kier alpha value is -1.82. The van der Waals surface area contributed by atoms with Crippen molar-refractivity contribution in [2.24, 2.45) is 0 Å². The molecule has 27 heavy (non-hydrogen) atoms. The number of halogens is 1. The first-order chi connectivity index (χ1) is 12.8. The second-order valence-electron chi connectivity index (χ2n) is 6.73. The third-order valence-electron chi connectivity index (χ3n) is 4.39. The van der Waals surface area contributed by atoms with Gasteiger partial charge in [-0.1, -0.05) is 79.8 Å². The van der Waals surface area contributed by atoms with Gasteiger partial charge in [-0.2, -0.15) is 0 Å². The molecule has 0 aliphatic carbocycles. The van der Waals surface area contributed by atoms with Crippen LogP contribution in [0.3, 0.4) is 0 Å². The fourth-order valence-corrected chi connectivity index (χ4v) is 4.07. The van der Waals surface area contributed by atoms with Crippen LogP contribution in [0.5, 0.6) is 0 Å². The summed E-state index contributed by atoms with van der Waals surface area (Å²) in [5.74, 6) is 0.405. The predicted molar refractivity (Wildman–Crippen MR) is 120 cm³/mol. The number of nitrogens with one attached hydrogen (secondary N) is 1. The van der Waals surface area contributed by atoms with Gasteiger partial charge < -0.3 is 5.32 Å². The van der Waals surface area contributed by atoms with Crippen LogP contribution < -0.4 is 5.32 Å². The Bertz CT molecular complexity index is 907. The van der Waals surface area contributed by atoms with E-state index < -0.39 is 0 Å². The maximum absolute atomic E-state index is 12.7. The van der Waals surface area contributed by atoms with Crippen molar-refractivity contribution in [2.45, 2.75) is 26.7 Å². The van der Waals surface area contributed by atoms with Crippen LogP contribution in [0.25, 0.3) is 6.08 Å². The van der Waals surface area contributed by atoms with Crippen LogP contribution in [0, 0.1) is 6.92 Å². The number of thiocarbonyl (C=S) groups is 1. The SMILES string of the molecule is Cc1ccc(NCN2C(=O)C(=Cc3ccc(C(C)C)cc3)SC2=S)cc1Cl. The first kappa shape index (κ1) is 19.9. The van der Waals surface area contributed by atoms with E-state index in [9.17, 15) is 4.79 Å². The minimum atomic E-state index is -0.0800. The molecule has 2 aromatic rings. The minimum absolute atomic E-state index is 0.0800. The molecule has 0 bridgehead atoms. The van der Waals surface area contributed by atoms with Gasteiger partial charge in [-0.05, 0) is 47.7 Å². The number of aryl methyl sites for hydroxylation is 1. The molecular weight excluding hydrogens is 396 g/mol. The van der Waals surface area contributed by atoms with Gasteiger partial charge in [-0.15, -0.1) is 0 Å². The monoisotopic (exact) mass is 416 g/mol. The molecule has 3 rings (SSSR count). The van der Waals surface area contributed by atoms with E-state index in [2.05, 4.69) is 31.3 Å². The molecule has 0 spiro atoms. The largest absolute Gasteiger partial charge is 0.367 e. The van der Waals surface area contributed by atoms with Crippen LogP contribution in [-0.4, -0.2) is 21.8 Å². The Labute approximate surface area is 174 Å². The van der Waals surface area contributed by atoms with Gasteiger partial charge in [0.15, 0.2) is 0 Å². The fraction of sp³-hybridized carbons (Fsp3) is 0.238. The summed E-state index contributed by atoms with van der Waals surface area (Å²) in [6, 6.07) is 14.0. The third kappa shape index (κ3) is 4.72. The second kappa shape index (κ2) is 8.46. The summed E-state index contributed by atoms with van der Waals surface area (Å²) >= 11 is 12.9. The first-order valence-electron chi connectivity index (χ1n) is 8.70. The Morgan fingerprint density at radius 2 is 1.93 bits per heavy atom. The summed E-state index contributed by atoms with van der Waals surface area (Å²) in [6.07, 6.45) is 1.89. The zero-order valence-corrected chi connectivity index (χ0v) is 17.8. The number of anilines is 1. The van der Waals surface area contributed by atoms with Gasteiger partial charge in [0.2, 0.25) is 0 Å². The number of carbonyl (C=O) groups excluding carboxylic acids is 1. The van der Waals surface area contributed by atoms with Crippen LogP contribution in [0.15, 0.2) is 47.4 Å². The molecule has 3 nitrogen and oxygen atoms in total. The quantitative estimate of drug-likeness (QED) is 0.475. The number of thioether (sulfide) groups is 1. The van der Waals surface area contributed by atoms with Crippen molar-refractivity contribution in [3.8, 4) is 0 Å². The minimum Gasteiger partial charge on any atom is -0.367 e. The topological polar surface area (TPSA) is 32.3 Å². The van der Waals surface area contributed by atoms with Crippen LogP contribution in [0.1, 0.15) is 36.5 Å². The van der Waals surface area contributed by atoms with Gasteiger partial charge in [0, 0.05) is 10.7 Å². The molecule has 0 atom stereocenters. The normalized spacial score (nSPS) is 15.9. The van der Waals surface area contributed by atoms with Gasteiger partial charge in [0.25, 0.3) is 5.91 Å². The lowest BCUT2D eigenvalue weighted by molar-refractivity contribution is -0.121. The van der Waals surface area contributed by atoms with E-state index in [1.807, 2.05) is 43.3 Å². The average Bonchev–Trinajstić information content (AvgIpc) is 2.90. The van der Waals surface area contributed by atoms with Crippen molar-refractivity contribution in [1.29, 1.82) is 0 Å². The Morgan fingerprint density at radius 1 is 1.22 bits per heavy atom. The van der Waals surface area contributed by atoms with Crippen LogP contribution in [0.2, 0.25) is 5.02 Å². The summed E-state index contributed by atoms with van der Waals surface area (Å²) in [7, 11) is 0. The summed E-state index contributed by atoms with van der Waals surface area (Å²) < 4.78 is 0.552. The Balaban J connectivity index is 1.69. The molecule has 140 valence electrons. The highest BCUT2D eigenvalue weighted by Crippen LogP contribution is 2.32. The van der Waals surface area contributed by atoms with Crippen molar-refractivity contribution in [3.05, 3.63) is 69.1 Å². The molecule has 0 unspecified atom stereocenters. The van der Waals surface area contributed by atoms with Crippen molar-refractivity contribution in [3.63, 3.8) is 0 Å². The standard InChI is InChI=1S/C21H21ClN2OS2/c1-13(2)16-7-5-15(6-8-16)10-19-20(25)24(21(26)27-19)12-23-17-9-4-14(3)18(22)11-17/h4-11,13,23H,12H2,1-3H3. The van der Waals surface area contributed by atoms with Crippen LogP contribution in [0.4, 0.5) is 5.69 Å². The number of carbonyl (C=O) groups is 1. The molecular formula is C21H21ClN2OS2. The van der Waals surface area contributed by atoms with E-state index in [0.29, 0.717) is 26.8 Å². The summed E-state index contributed by atoms with van der Waals surface area (Å²) in [5, 5.41) is 3.90. The van der Waals surface area contributed by atoms with Crippen molar-refractivity contribution < 1.29 is 4.79 Å². The Kier molecular flexibility index (Phi) is 6.25. The second-order valence-corrected chi connectivity index (χ2v) is 8.81. The highest BCUT2D eigenvalue weighted by Gasteiger charge is 2.31. The number of hydrogen-bond donors (Lipinski definition) is 1. The van der Waals surface area contributed by atoms with Crippen LogP contribution in [-0.2, 0) is 4.79 Å². The maximum atomic E-state index is 12.7. The predicted octanol–water partition coefficient (Wildman–Crippen LogP) is 6.04. The average molecular weight is 417 g/mol. The number of rotatable bonds is 5. The van der Waals surface area contributed by atoms with E-state index in [1.165, 1.54) is 17.3 Å². The highest BCUT2D eigenvalue weighted by molar-refractivity contribution is 8.26.